The van der Waals surface area contributed by atoms with Crippen molar-refractivity contribution in [3.63, 3.8) is 0 Å². The molecule has 1 saturated carbocycles. The van der Waals surface area contributed by atoms with Gasteiger partial charge in [0.1, 0.15) is 0 Å². The zero-order valence-electron chi connectivity index (χ0n) is 15.9. The zero-order valence-corrected chi connectivity index (χ0v) is 18.3. The van der Waals surface area contributed by atoms with Crippen LogP contribution in [0.15, 0.2) is 21.7 Å². The van der Waals surface area contributed by atoms with E-state index in [0.717, 1.165) is 6.42 Å². The van der Waals surface area contributed by atoms with Gasteiger partial charge in [-0.25, -0.2) is 0 Å². The molecule has 2 aliphatic carbocycles. The van der Waals surface area contributed by atoms with Crippen molar-refractivity contribution in [3.8, 4) is 0 Å². The first kappa shape index (κ1) is 20.7. The lowest BCUT2D eigenvalue weighted by atomic mass is 9.85. The Hall–Kier alpha value is -1.98. The summed E-state index contributed by atoms with van der Waals surface area (Å²) < 4.78 is 4.92. The summed E-state index contributed by atoms with van der Waals surface area (Å²) in [7, 11) is 1.67. The first-order valence-electron chi connectivity index (χ1n) is 9.35. The second kappa shape index (κ2) is 8.58. The smallest absolute Gasteiger partial charge is 0.233 e. The number of guanidine groups is 1. The van der Waals surface area contributed by atoms with Crippen LogP contribution >= 0.6 is 24.0 Å². The third kappa shape index (κ3) is 3.78. The zero-order chi connectivity index (χ0) is 19.0. The Morgan fingerprint density at radius 3 is 2.50 bits per heavy atom. The maximum atomic E-state index is 12.6. The number of aromatic nitrogens is 2. The van der Waals surface area contributed by atoms with Crippen LogP contribution in [0.2, 0.25) is 0 Å². The van der Waals surface area contributed by atoms with E-state index in [1.54, 1.807) is 14.0 Å². The molecule has 2 amide bonds. The number of imide groups is 1. The molecule has 4 unspecified atom stereocenters. The predicted octanol–water partition coefficient (Wildman–Crippen LogP) is 0.858. The van der Waals surface area contributed by atoms with Crippen LogP contribution in [0.5, 0.6) is 0 Å². The number of carbonyl (C=O) groups is 2. The lowest BCUT2D eigenvalue weighted by molar-refractivity contribution is -0.140. The molecule has 2 bridgehead atoms. The van der Waals surface area contributed by atoms with Crippen molar-refractivity contribution in [1.29, 1.82) is 0 Å². The standard InChI is InChI=1S/C18H24N6O3.HI/c1-10-22-13(23-27-10)9-21-18(19-2)20-6-3-7-24-16(25)14-11-4-5-12(8-11)15(14)17(24)26;/h4-5,11-12,14-15H,3,6-9H2,1-2H3,(H2,19,20,21);1H. The Labute approximate surface area is 180 Å². The van der Waals surface area contributed by atoms with Gasteiger partial charge in [0, 0.05) is 27.1 Å². The molecule has 2 fully saturated rings. The highest BCUT2D eigenvalue weighted by atomic mass is 127. The summed E-state index contributed by atoms with van der Waals surface area (Å²) in [6.45, 7) is 3.18. The number of halogens is 1. The molecule has 1 aliphatic heterocycles. The molecule has 0 radical (unpaired) electrons. The van der Waals surface area contributed by atoms with Crippen LogP contribution < -0.4 is 10.6 Å². The number of hydrogen-bond donors (Lipinski definition) is 2. The maximum Gasteiger partial charge on any atom is 0.233 e. The van der Waals surface area contributed by atoms with Gasteiger partial charge in [-0.3, -0.25) is 19.5 Å². The van der Waals surface area contributed by atoms with E-state index < -0.39 is 0 Å². The second-order valence-electron chi connectivity index (χ2n) is 7.26. The monoisotopic (exact) mass is 500 g/mol. The van der Waals surface area contributed by atoms with E-state index in [0.29, 0.717) is 43.7 Å². The van der Waals surface area contributed by atoms with E-state index in [1.807, 2.05) is 0 Å². The quantitative estimate of drug-likeness (QED) is 0.149. The van der Waals surface area contributed by atoms with Crippen LogP contribution in [-0.4, -0.2) is 53.0 Å². The fourth-order valence-corrected chi connectivity index (χ4v) is 4.42. The summed E-state index contributed by atoms with van der Waals surface area (Å²) in [5, 5.41) is 10.1. The fraction of sp³-hybridized carbons (Fsp3) is 0.611. The number of likely N-dealkylation sites (tertiary alicyclic amines) is 1. The molecule has 1 saturated heterocycles. The molecule has 0 aromatic carbocycles. The summed E-state index contributed by atoms with van der Waals surface area (Å²) in [5.41, 5.74) is 0. The van der Waals surface area contributed by atoms with Gasteiger partial charge in [0.2, 0.25) is 17.7 Å². The molecule has 4 rings (SSSR count). The van der Waals surface area contributed by atoms with Crippen LogP contribution in [0.3, 0.4) is 0 Å². The Kier molecular flexibility index (Phi) is 6.36. The van der Waals surface area contributed by atoms with Crippen LogP contribution in [0.1, 0.15) is 24.6 Å². The Morgan fingerprint density at radius 1 is 1.25 bits per heavy atom. The number of hydrogen-bond acceptors (Lipinski definition) is 6. The van der Waals surface area contributed by atoms with Gasteiger partial charge in [0.25, 0.3) is 0 Å². The molecule has 10 heteroatoms. The normalized spacial score (nSPS) is 27.9. The number of rotatable bonds is 6. The molecular formula is C18H25IN6O3. The molecule has 28 heavy (non-hydrogen) atoms. The average molecular weight is 500 g/mol. The summed E-state index contributed by atoms with van der Waals surface area (Å²) in [4.78, 5) is 35.0. The summed E-state index contributed by atoms with van der Waals surface area (Å²) >= 11 is 0. The number of carbonyl (C=O) groups excluding carboxylic acids is 2. The van der Waals surface area contributed by atoms with Crippen LogP contribution in [0.4, 0.5) is 0 Å². The highest BCUT2D eigenvalue weighted by Crippen LogP contribution is 2.52. The minimum Gasteiger partial charge on any atom is -0.356 e. The van der Waals surface area contributed by atoms with Gasteiger partial charge in [-0.1, -0.05) is 17.3 Å². The molecular weight excluding hydrogens is 475 g/mol. The van der Waals surface area contributed by atoms with Gasteiger partial charge in [-0.05, 0) is 24.7 Å². The largest absolute Gasteiger partial charge is 0.356 e. The number of nitrogens with zero attached hydrogens (tertiary/aromatic N) is 4. The molecule has 2 heterocycles. The highest BCUT2D eigenvalue weighted by molar-refractivity contribution is 14.0. The topological polar surface area (TPSA) is 113 Å². The van der Waals surface area contributed by atoms with Gasteiger partial charge in [0.15, 0.2) is 11.8 Å². The van der Waals surface area contributed by atoms with Crippen LogP contribution in [-0.2, 0) is 16.1 Å². The lowest BCUT2D eigenvalue weighted by Gasteiger charge is -2.17. The number of aliphatic imine (C=N–C) groups is 1. The predicted molar refractivity (Wildman–Crippen MR) is 112 cm³/mol. The van der Waals surface area contributed by atoms with E-state index in [4.69, 9.17) is 4.52 Å². The molecule has 0 spiro atoms. The maximum absolute atomic E-state index is 12.6. The molecule has 3 aliphatic rings. The van der Waals surface area contributed by atoms with Crippen molar-refractivity contribution in [3.05, 3.63) is 23.9 Å². The van der Waals surface area contributed by atoms with Crippen molar-refractivity contribution < 1.29 is 14.1 Å². The first-order chi connectivity index (χ1) is 13.1. The van der Waals surface area contributed by atoms with E-state index in [-0.39, 0.29) is 59.5 Å². The van der Waals surface area contributed by atoms with Crippen molar-refractivity contribution in [2.75, 3.05) is 20.1 Å². The average Bonchev–Trinajstić information content (AvgIpc) is 3.42. The minimum atomic E-state index is -0.117. The third-order valence-electron chi connectivity index (χ3n) is 5.62. The lowest BCUT2D eigenvalue weighted by Crippen LogP contribution is -2.39. The molecule has 1 aromatic rings. The molecule has 4 atom stereocenters. The van der Waals surface area contributed by atoms with Gasteiger partial charge in [-0.2, -0.15) is 4.98 Å². The van der Waals surface area contributed by atoms with Gasteiger partial charge < -0.3 is 15.2 Å². The second-order valence-corrected chi connectivity index (χ2v) is 7.26. The summed E-state index contributed by atoms with van der Waals surface area (Å²) in [6, 6.07) is 0. The van der Waals surface area contributed by atoms with E-state index >= 15 is 0 Å². The first-order valence-corrected chi connectivity index (χ1v) is 9.35. The number of nitrogens with one attached hydrogen (secondary N) is 2. The number of amides is 2. The Balaban J connectivity index is 0.00000225. The molecule has 1 aromatic heterocycles. The minimum absolute atomic E-state index is 0. The number of fused-ring (bicyclic) bond motifs is 5. The number of allylic oxidation sites excluding steroid dienone is 2. The van der Waals surface area contributed by atoms with Gasteiger partial charge in [0.05, 0.1) is 18.4 Å². The summed E-state index contributed by atoms with van der Waals surface area (Å²) in [5.74, 6) is 1.99. The van der Waals surface area contributed by atoms with Crippen molar-refractivity contribution in [2.45, 2.75) is 26.3 Å². The molecule has 2 N–H and O–H groups in total. The Bertz CT molecular complexity index is 777. The SMILES string of the molecule is CN=C(NCCCN1C(=O)C2C3C=CC(C3)C2C1=O)NCc1noc(C)n1.I. The highest BCUT2D eigenvalue weighted by Gasteiger charge is 2.58. The van der Waals surface area contributed by atoms with E-state index in [9.17, 15) is 9.59 Å². The van der Waals surface area contributed by atoms with Crippen LogP contribution in [0.25, 0.3) is 0 Å². The van der Waals surface area contributed by atoms with Crippen LogP contribution in [0, 0.1) is 30.6 Å². The molecule has 9 nitrogen and oxygen atoms in total. The van der Waals surface area contributed by atoms with Crippen molar-refractivity contribution in [2.24, 2.45) is 28.7 Å². The van der Waals surface area contributed by atoms with Crippen molar-refractivity contribution >= 4 is 41.8 Å². The van der Waals surface area contributed by atoms with Gasteiger partial charge >= 0.3 is 0 Å². The third-order valence-corrected chi connectivity index (χ3v) is 5.62. The summed E-state index contributed by atoms with van der Waals surface area (Å²) in [6.07, 6.45) is 5.86. The van der Waals surface area contributed by atoms with Gasteiger partial charge in [-0.15, -0.1) is 24.0 Å². The van der Waals surface area contributed by atoms with E-state index in [2.05, 4.69) is 37.9 Å². The van der Waals surface area contributed by atoms with Crippen molar-refractivity contribution in [1.82, 2.24) is 25.7 Å². The van der Waals surface area contributed by atoms with E-state index in [1.165, 1.54) is 4.90 Å². The molecule has 152 valence electrons. The Morgan fingerprint density at radius 2 is 1.93 bits per heavy atom. The number of aryl methyl sites for hydroxylation is 1. The fourth-order valence-electron chi connectivity index (χ4n) is 4.42.